The topological polar surface area (TPSA) is 40.5 Å². The predicted molar refractivity (Wildman–Crippen MR) is 46.1 cm³/mol. The monoisotopic (exact) mass is 158 g/mol. The van der Waals surface area contributed by atoms with Gasteiger partial charge in [-0.25, -0.2) is 0 Å². The van der Waals surface area contributed by atoms with Gasteiger partial charge in [0.2, 0.25) is 0 Å². The van der Waals surface area contributed by atoms with Gasteiger partial charge in [-0.1, -0.05) is 26.0 Å². The Morgan fingerprint density at radius 3 is 2.18 bits per heavy atom. The van der Waals surface area contributed by atoms with Crippen LogP contribution in [0.2, 0.25) is 0 Å². The van der Waals surface area contributed by atoms with Gasteiger partial charge in [0.25, 0.3) is 0 Å². The molecule has 0 bridgehead atoms. The fourth-order valence-electron chi connectivity index (χ4n) is 0.937. The van der Waals surface area contributed by atoms with E-state index in [4.69, 9.17) is 10.2 Å². The molecule has 0 aliphatic carbocycles. The minimum absolute atomic E-state index is 0.00204. The van der Waals surface area contributed by atoms with Gasteiger partial charge in [-0.05, 0) is 19.3 Å². The smallest absolute Gasteiger partial charge is 0.154 e. The van der Waals surface area contributed by atoms with Crippen LogP contribution in [0.4, 0.5) is 0 Å². The third kappa shape index (κ3) is 4.99. The first-order valence-corrected chi connectivity index (χ1v) is 4.23. The standard InChI is InChI=1S/C9H18O2/c1-3-5-6-7-8(4-2)9(10)11/h5-6,8-11H,3-4,7H2,1-2H3. The highest BCUT2D eigenvalue weighted by Gasteiger charge is 2.11. The summed E-state index contributed by atoms with van der Waals surface area (Å²) in [6.07, 6.45) is 5.48. The van der Waals surface area contributed by atoms with Gasteiger partial charge in [0.1, 0.15) is 0 Å². The molecule has 66 valence electrons. The molecule has 1 atom stereocenters. The van der Waals surface area contributed by atoms with E-state index in [2.05, 4.69) is 6.92 Å². The second-order valence-corrected chi connectivity index (χ2v) is 2.70. The molecular formula is C9H18O2. The van der Waals surface area contributed by atoms with Crippen molar-refractivity contribution in [3.63, 3.8) is 0 Å². The molecule has 0 aromatic heterocycles. The van der Waals surface area contributed by atoms with Crippen LogP contribution in [0.15, 0.2) is 12.2 Å². The summed E-state index contributed by atoms with van der Waals surface area (Å²) in [4.78, 5) is 0. The first-order chi connectivity index (χ1) is 5.22. The molecule has 0 radical (unpaired) electrons. The van der Waals surface area contributed by atoms with Crippen molar-refractivity contribution in [2.45, 2.75) is 39.4 Å². The van der Waals surface area contributed by atoms with Crippen molar-refractivity contribution < 1.29 is 10.2 Å². The van der Waals surface area contributed by atoms with Crippen LogP contribution in [0, 0.1) is 5.92 Å². The maximum Gasteiger partial charge on any atom is 0.154 e. The van der Waals surface area contributed by atoms with E-state index in [9.17, 15) is 0 Å². The molecular weight excluding hydrogens is 140 g/mol. The Hall–Kier alpha value is -0.340. The number of aliphatic hydroxyl groups excluding tert-OH is 1. The normalized spacial score (nSPS) is 14.6. The van der Waals surface area contributed by atoms with Crippen LogP contribution >= 0.6 is 0 Å². The van der Waals surface area contributed by atoms with Crippen molar-refractivity contribution in [1.29, 1.82) is 0 Å². The molecule has 0 saturated carbocycles. The van der Waals surface area contributed by atoms with E-state index >= 15 is 0 Å². The van der Waals surface area contributed by atoms with Crippen molar-refractivity contribution in [2.75, 3.05) is 0 Å². The third-order valence-electron chi connectivity index (χ3n) is 1.79. The van der Waals surface area contributed by atoms with Crippen LogP contribution in [-0.2, 0) is 0 Å². The van der Waals surface area contributed by atoms with Crippen LogP contribution in [0.5, 0.6) is 0 Å². The molecule has 0 rings (SSSR count). The van der Waals surface area contributed by atoms with Crippen molar-refractivity contribution in [2.24, 2.45) is 5.92 Å². The van der Waals surface area contributed by atoms with E-state index in [1.165, 1.54) is 0 Å². The van der Waals surface area contributed by atoms with Crippen LogP contribution < -0.4 is 0 Å². The van der Waals surface area contributed by atoms with Crippen LogP contribution in [0.25, 0.3) is 0 Å². The molecule has 0 heterocycles. The van der Waals surface area contributed by atoms with Gasteiger partial charge in [0.05, 0.1) is 0 Å². The Morgan fingerprint density at radius 1 is 1.18 bits per heavy atom. The van der Waals surface area contributed by atoms with Gasteiger partial charge in [-0.15, -0.1) is 0 Å². The van der Waals surface area contributed by atoms with E-state index in [-0.39, 0.29) is 5.92 Å². The lowest BCUT2D eigenvalue weighted by Gasteiger charge is -2.13. The SMILES string of the molecule is CCC=CCC(CC)C(O)O. The zero-order chi connectivity index (χ0) is 8.69. The Kier molecular flexibility index (Phi) is 6.18. The van der Waals surface area contributed by atoms with E-state index in [0.29, 0.717) is 0 Å². The largest absolute Gasteiger partial charge is 0.368 e. The highest BCUT2D eigenvalue weighted by Crippen LogP contribution is 2.12. The van der Waals surface area contributed by atoms with Gasteiger partial charge < -0.3 is 10.2 Å². The minimum atomic E-state index is -1.17. The van der Waals surface area contributed by atoms with Gasteiger partial charge in [-0.2, -0.15) is 0 Å². The summed E-state index contributed by atoms with van der Waals surface area (Å²) in [5, 5.41) is 17.7. The second-order valence-electron chi connectivity index (χ2n) is 2.70. The number of rotatable bonds is 5. The van der Waals surface area contributed by atoms with Gasteiger partial charge in [-0.3, -0.25) is 0 Å². The molecule has 2 heteroatoms. The van der Waals surface area contributed by atoms with Crippen molar-refractivity contribution in [3.05, 3.63) is 12.2 Å². The Labute approximate surface area is 68.6 Å². The highest BCUT2D eigenvalue weighted by atomic mass is 16.5. The van der Waals surface area contributed by atoms with Crippen LogP contribution in [-0.4, -0.2) is 16.5 Å². The Bertz CT molecular complexity index is 108. The summed E-state index contributed by atoms with van der Waals surface area (Å²) in [6.45, 7) is 4.02. The van der Waals surface area contributed by atoms with E-state index in [1.807, 2.05) is 19.1 Å². The lowest BCUT2D eigenvalue weighted by molar-refractivity contribution is -0.0836. The zero-order valence-corrected chi connectivity index (χ0v) is 7.33. The number of allylic oxidation sites excluding steroid dienone is 2. The average Bonchev–Trinajstić information content (AvgIpc) is 1.97. The van der Waals surface area contributed by atoms with Gasteiger partial charge >= 0.3 is 0 Å². The Morgan fingerprint density at radius 2 is 1.82 bits per heavy atom. The van der Waals surface area contributed by atoms with Gasteiger partial charge in [0, 0.05) is 5.92 Å². The van der Waals surface area contributed by atoms with Crippen molar-refractivity contribution in [3.8, 4) is 0 Å². The number of hydrogen-bond acceptors (Lipinski definition) is 2. The first kappa shape index (κ1) is 10.7. The molecule has 0 aliphatic rings. The molecule has 0 aromatic carbocycles. The first-order valence-electron chi connectivity index (χ1n) is 4.23. The summed E-state index contributed by atoms with van der Waals surface area (Å²) in [7, 11) is 0. The molecule has 11 heavy (non-hydrogen) atoms. The van der Waals surface area contributed by atoms with E-state index < -0.39 is 6.29 Å². The summed E-state index contributed by atoms with van der Waals surface area (Å²) >= 11 is 0. The molecule has 1 unspecified atom stereocenters. The molecule has 0 fully saturated rings. The van der Waals surface area contributed by atoms with Crippen molar-refractivity contribution >= 4 is 0 Å². The third-order valence-corrected chi connectivity index (χ3v) is 1.79. The lowest BCUT2D eigenvalue weighted by Crippen LogP contribution is -2.17. The second kappa shape index (κ2) is 6.38. The molecule has 0 amide bonds. The maximum absolute atomic E-state index is 8.83. The number of aliphatic hydroxyl groups is 2. The zero-order valence-electron chi connectivity index (χ0n) is 7.33. The molecule has 0 spiro atoms. The van der Waals surface area contributed by atoms with Crippen LogP contribution in [0.1, 0.15) is 33.1 Å². The molecule has 2 nitrogen and oxygen atoms in total. The van der Waals surface area contributed by atoms with E-state index in [0.717, 1.165) is 19.3 Å². The van der Waals surface area contributed by atoms with Gasteiger partial charge in [0.15, 0.2) is 6.29 Å². The Balaban J connectivity index is 3.60. The maximum atomic E-state index is 8.83. The molecule has 0 aliphatic heterocycles. The molecule has 0 aromatic rings. The van der Waals surface area contributed by atoms with Crippen LogP contribution in [0.3, 0.4) is 0 Å². The predicted octanol–water partition coefficient (Wildman–Crippen LogP) is 1.68. The molecule has 0 saturated heterocycles. The average molecular weight is 158 g/mol. The fourth-order valence-corrected chi connectivity index (χ4v) is 0.937. The van der Waals surface area contributed by atoms with E-state index in [1.54, 1.807) is 0 Å². The molecule has 2 N–H and O–H groups in total. The number of hydrogen-bond donors (Lipinski definition) is 2. The quantitative estimate of drug-likeness (QED) is 0.472. The summed E-state index contributed by atoms with van der Waals surface area (Å²) < 4.78 is 0. The summed E-state index contributed by atoms with van der Waals surface area (Å²) in [5.41, 5.74) is 0. The fraction of sp³-hybridized carbons (Fsp3) is 0.778. The minimum Gasteiger partial charge on any atom is -0.368 e. The lowest BCUT2D eigenvalue weighted by atomic mass is 10.0. The van der Waals surface area contributed by atoms with Crippen molar-refractivity contribution in [1.82, 2.24) is 0 Å². The summed E-state index contributed by atoms with van der Waals surface area (Å²) in [6, 6.07) is 0. The summed E-state index contributed by atoms with van der Waals surface area (Å²) in [5.74, 6) is -0.00204. The highest BCUT2D eigenvalue weighted by molar-refractivity contribution is 4.83.